The summed E-state index contributed by atoms with van der Waals surface area (Å²) >= 11 is 11.9. The first-order chi connectivity index (χ1) is 9.93. The molecule has 0 aromatic heterocycles. The van der Waals surface area contributed by atoms with Crippen molar-refractivity contribution in [2.75, 3.05) is 6.54 Å². The number of hydrogen-bond acceptors (Lipinski definition) is 2. The van der Waals surface area contributed by atoms with Crippen LogP contribution < -0.4 is 5.73 Å². The second-order valence-corrected chi connectivity index (χ2v) is 5.78. The first-order valence-corrected chi connectivity index (χ1v) is 7.28. The molecule has 2 aromatic rings. The van der Waals surface area contributed by atoms with Crippen molar-refractivity contribution < 1.29 is 9.50 Å². The standard InChI is InChI=1S/C16H16Cl2FNO/c1-9-2-3-11(7-15(9)19)16(21)12(8-20)10-4-5-13(17)14(18)6-10/h2-7,12,16,21H,8,20H2,1H3. The second-order valence-electron chi connectivity index (χ2n) is 4.97. The Labute approximate surface area is 133 Å². The van der Waals surface area contributed by atoms with Crippen LogP contribution in [-0.2, 0) is 0 Å². The fraction of sp³-hybridized carbons (Fsp3) is 0.250. The highest BCUT2D eigenvalue weighted by Gasteiger charge is 2.22. The summed E-state index contributed by atoms with van der Waals surface area (Å²) in [7, 11) is 0. The number of hydrogen-bond donors (Lipinski definition) is 2. The lowest BCUT2D eigenvalue weighted by Crippen LogP contribution is -2.20. The van der Waals surface area contributed by atoms with Gasteiger partial charge >= 0.3 is 0 Å². The molecule has 0 aliphatic carbocycles. The molecule has 2 unspecified atom stereocenters. The van der Waals surface area contributed by atoms with E-state index in [9.17, 15) is 9.50 Å². The number of aliphatic hydroxyl groups is 1. The van der Waals surface area contributed by atoms with E-state index in [-0.39, 0.29) is 18.3 Å². The Balaban J connectivity index is 2.35. The van der Waals surface area contributed by atoms with Gasteiger partial charge in [-0.05, 0) is 41.8 Å². The number of benzene rings is 2. The van der Waals surface area contributed by atoms with Crippen LogP contribution in [0.3, 0.4) is 0 Å². The third-order valence-corrected chi connectivity index (χ3v) is 4.28. The third kappa shape index (κ3) is 3.55. The molecule has 2 nitrogen and oxygen atoms in total. The summed E-state index contributed by atoms with van der Waals surface area (Å²) in [6.07, 6.45) is -0.914. The van der Waals surface area contributed by atoms with Crippen LogP contribution in [0.5, 0.6) is 0 Å². The molecule has 21 heavy (non-hydrogen) atoms. The SMILES string of the molecule is Cc1ccc(C(O)C(CN)c2ccc(Cl)c(Cl)c2)cc1F. The van der Waals surface area contributed by atoms with Crippen molar-refractivity contribution in [3.8, 4) is 0 Å². The quantitative estimate of drug-likeness (QED) is 0.883. The number of halogens is 3. The maximum Gasteiger partial charge on any atom is 0.126 e. The Hall–Kier alpha value is -1.13. The summed E-state index contributed by atoms with van der Waals surface area (Å²) < 4.78 is 13.6. The maximum atomic E-state index is 13.6. The lowest BCUT2D eigenvalue weighted by Gasteiger charge is -2.23. The minimum Gasteiger partial charge on any atom is -0.388 e. The van der Waals surface area contributed by atoms with Gasteiger partial charge in [0.1, 0.15) is 5.82 Å². The van der Waals surface area contributed by atoms with Crippen LogP contribution in [0.4, 0.5) is 4.39 Å². The zero-order valence-electron chi connectivity index (χ0n) is 11.5. The van der Waals surface area contributed by atoms with Gasteiger partial charge in [-0.3, -0.25) is 0 Å². The van der Waals surface area contributed by atoms with Crippen molar-refractivity contribution >= 4 is 23.2 Å². The zero-order chi connectivity index (χ0) is 15.6. The van der Waals surface area contributed by atoms with Gasteiger partial charge in [-0.2, -0.15) is 0 Å². The largest absolute Gasteiger partial charge is 0.388 e. The fourth-order valence-corrected chi connectivity index (χ4v) is 2.52. The molecule has 0 fully saturated rings. The summed E-state index contributed by atoms with van der Waals surface area (Å²) in [6, 6.07) is 9.76. The third-order valence-electron chi connectivity index (χ3n) is 3.54. The molecule has 0 saturated heterocycles. The highest BCUT2D eigenvalue weighted by Crippen LogP contribution is 2.34. The van der Waals surface area contributed by atoms with Gasteiger partial charge in [0.15, 0.2) is 0 Å². The Morgan fingerprint density at radius 1 is 1.10 bits per heavy atom. The highest BCUT2D eigenvalue weighted by atomic mass is 35.5. The van der Waals surface area contributed by atoms with E-state index in [0.717, 1.165) is 5.56 Å². The molecule has 0 heterocycles. The summed E-state index contributed by atoms with van der Waals surface area (Å²) in [4.78, 5) is 0. The minimum atomic E-state index is -0.914. The van der Waals surface area contributed by atoms with E-state index in [1.54, 1.807) is 37.3 Å². The molecule has 2 aromatic carbocycles. The Kier molecular flexibility index (Phi) is 5.22. The van der Waals surface area contributed by atoms with E-state index in [2.05, 4.69) is 0 Å². The van der Waals surface area contributed by atoms with Crippen LogP contribution in [0.25, 0.3) is 0 Å². The molecular weight excluding hydrogens is 312 g/mol. The molecule has 0 aliphatic heterocycles. The molecule has 3 N–H and O–H groups in total. The highest BCUT2D eigenvalue weighted by molar-refractivity contribution is 6.42. The van der Waals surface area contributed by atoms with Crippen LogP contribution in [0.1, 0.15) is 28.7 Å². The second kappa shape index (κ2) is 6.75. The minimum absolute atomic E-state index is 0.203. The Bertz CT molecular complexity index is 648. The van der Waals surface area contributed by atoms with Crippen LogP contribution >= 0.6 is 23.2 Å². The van der Waals surface area contributed by atoms with Gasteiger partial charge in [0.25, 0.3) is 0 Å². The van der Waals surface area contributed by atoms with E-state index in [1.165, 1.54) is 6.07 Å². The summed E-state index contributed by atoms with van der Waals surface area (Å²) in [5, 5.41) is 11.3. The van der Waals surface area contributed by atoms with E-state index in [4.69, 9.17) is 28.9 Å². The van der Waals surface area contributed by atoms with Crippen LogP contribution in [0, 0.1) is 12.7 Å². The molecule has 0 radical (unpaired) electrons. The van der Waals surface area contributed by atoms with Gasteiger partial charge in [-0.25, -0.2) is 4.39 Å². The number of nitrogens with two attached hydrogens (primary N) is 1. The molecule has 2 atom stereocenters. The van der Waals surface area contributed by atoms with Gasteiger partial charge in [0, 0.05) is 12.5 Å². The predicted molar refractivity (Wildman–Crippen MR) is 84.4 cm³/mol. The summed E-state index contributed by atoms with van der Waals surface area (Å²) in [5.41, 5.74) is 7.55. The maximum absolute atomic E-state index is 13.6. The molecule has 0 bridgehead atoms. The van der Waals surface area contributed by atoms with E-state index < -0.39 is 6.10 Å². The number of rotatable bonds is 4. The molecular formula is C16H16Cl2FNO. The lowest BCUT2D eigenvalue weighted by atomic mass is 9.89. The molecule has 0 amide bonds. The topological polar surface area (TPSA) is 46.2 Å². The lowest BCUT2D eigenvalue weighted by molar-refractivity contribution is 0.147. The van der Waals surface area contributed by atoms with Crippen molar-refractivity contribution in [1.29, 1.82) is 0 Å². The average Bonchev–Trinajstić information content (AvgIpc) is 2.46. The first kappa shape index (κ1) is 16.2. The molecule has 0 saturated carbocycles. The van der Waals surface area contributed by atoms with Crippen molar-refractivity contribution in [1.82, 2.24) is 0 Å². The van der Waals surface area contributed by atoms with Crippen molar-refractivity contribution in [3.63, 3.8) is 0 Å². The van der Waals surface area contributed by atoms with Gasteiger partial charge in [0.2, 0.25) is 0 Å². The molecule has 0 spiro atoms. The summed E-state index contributed by atoms with van der Waals surface area (Å²) in [5.74, 6) is -0.738. The molecule has 2 rings (SSSR count). The molecule has 0 aliphatic rings. The van der Waals surface area contributed by atoms with Crippen LogP contribution in [0.2, 0.25) is 10.0 Å². The van der Waals surface area contributed by atoms with Crippen molar-refractivity contribution in [3.05, 3.63) is 69.0 Å². The van der Waals surface area contributed by atoms with Crippen LogP contribution in [0.15, 0.2) is 36.4 Å². The summed E-state index contributed by atoms with van der Waals surface area (Å²) in [6.45, 7) is 1.87. The van der Waals surface area contributed by atoms with Crippen molar-refractivity contribution in [2.45, 2.75) is 18.9 Å². The van der Waals surface area contributed by atoms with Gasteiger partial charge in [-0.15, -0.1) is 0 Å². The van der Waals surface area contributed by atoms with Gasteiger partial charge in [-0.1, -0.05) is 41.4 Å². The van der Waals surface area contributed by atoms with Gasteiger partial charge < -0.3 is 10.8 Å². The fourth-order valence-electron chi connectivity index (χ4n) is 2.22. The zero-order valence-corrected chi connectivity index (χ0v) is 13.0. The first-order valence-electron chi connectivity index (χ1n) is 6.53. The Morgan fingerprint density at radius 2 is 1.76 bits per heavy atom. The van der Waals surface area contributed by atoms with Crippen molar-refractivity contribution in [2.24, 2.45) is 5.73 Å². The normalized spacial score (nSPS) is 14.0. The number of aliphatic hydroxyl groups excluding tert-OH is 1. The van der Waals surface area contributed by atoms with E-state index >= 15 is 0 Å². The van der Waals surface area contributed by atoms with E-state index in [1.807, 2.05) is 0 Å². The molecule has 112 valence electrons. The van der Waals surface area contributed by atoms with Crippen LogP contribution in [-0.4, -0.2) is 11.7 Å². The van der Waals surface area contributed by atoms with Gasteiger partial charge in [0.05, 0.1) is 16.1 Å². The molecule has 5 heteroatoms. The number of aryl methyl sites for hydroxylation is 1. The Morgan fingerprint density at radius 3 is 2.33 bits per heavy atom. The smallest absolute Gasteiger partial charge is 0.126 e. The van der Waals surface area contributed by atoms with E-state index in [0.29, 0.717) is 21.2 Å². The predicted octanol–water partition coefficient (Wildman–Crippen LogP) is 4.22. The monoisotopic (exact) mass is 327 g/mol. The average molecular weight is 328 g/mol.